The molecule has 0 radical (unpaired) electrons. The summed E-state index contributed by atoms with van der Waals surface area (Å²) in [4.78, 5) is 25.9. The highest BCUT2D eigenvalue weighted by molar-refractivity contribution is 6.35. The predicted molar refractivity (Wildman–Crippen MR) is 122 cm³/mol. The van der Waals surface area contributed by atoms with Crippen molar-refractivity contribution in [1.29, 1.82) is 0 Å². The van der Waals surface area contributed by atoms with Crippen LogP contribution >= 0.6 is 23.2 Å². The first kappa shape index (κ1) is 21.4. The number of likely N-dealkylation sites (N-methyl/N-ethyl adjacent to an activating group) is 1. The highest BCUT2D eigenvalue weighted by Crippen LogP contribution is 2.38. The number of nitrogens with one attached hydrogen (secondary N) is 1. The number of hydrogen-bond acceptors (Lipinski definition) is 3. The van der Waals surface area contributed by atoms with E-state index in [1.54, 1.807) is 18.2 Å². The summed E-state index contributed by atoms with van der Waals surface area (Å²) in [6.45, 7) is 1.60. The molecular weight excluding hydrogens is 435 g/mol. The Hall–Kier alpha value is -2.86. The van der Waals surface area contributed by atoms with Gasteiger partial charge in [0, 0.05) is 40.3 Å². The third-order valence-electron chi connectivity index (χ3n) is 5.44. The van der Waals surface area contributed by atoms with Gasteiger partial charge in [-0.25, -0.2) is 4.79 Å². The first-order chi connectivity index (χ1) is 14.8. The molecule has 0 saturated carbocycles. The molecule has 0 aliphatic carbocycles. The van der Waals surface area contributed by atoms with Crippen LogP contribution in [0.2, 0.25) is 10.0 Å². The number of nitrogens with zero attached hydrogens (tertiary/aromatic N) is 1. The zero-order valence-corrected chi connectivity index (χ0v) is 18.2. The normalized spacial score (nSPS) is 15.9. The smallest absolute Gasteiger partial charge is 0.335 e. The number of carbonyl (C=O) groups is 2. The number of carboxylic acids is 1. The monoisotopic (exact) mass is 454 g/mol. The highest BCUT2D eigenvalue weighted by Gasteiger charge is 2.27. The Bertz CT molecular complexity index is 1160. The largest absolute Gasteiger partial charge is 0.478 e. The Morgan fingerprint density at radius 3 is 2.45 bits per heavy atom. The van der Waals surface area contributed by atoms with Crippen LogP contribution in [0.4, 0.5) is 5.69 Å². The van der Waals surface area contributed by atoms with Crippen molar-refractivity contribution in [2.75, 3.05) is 18.9 Å². The minimum atomic E-state index is -1.07. The van der Waals surface area contributed by atoms with Gasteiger partial charge in [-0.1, -0.05) is 41.4 Å². The van der Waals surface area contributed by atoms with E-state index >= 15 is 0 Å². The Balaban J connectivity index is 1.56. The predicted octanol–water partition coefficient (Wildman–Crippen LogP) is 5.52. The Morgan fingerprint density at radius 2 is 1.74 bits per heavy atom. The van der Waals surface area contributed by atoms with Crippen LogP contribution in [0.1, 0.15) is 43.3 Å². The molecular formula is C24H20Cl2N2O3. The lowest BCUT2D eigenvalue weighted by atomic mass is 9.84. The van der Waals surface area contributed by atoms with Gasteiger partial charge in [-0.05, 0) is 66.2 Å². The molecule has 0 bridgehead atoms. The summed E-state index contributed by atoms with van der Waals surface area (Å²) in [5.41, 5.74) is 4.29. The second-order valence-electron chi connectivity index (χ2n) is 7.67. The molecule has 5 nitrogen and oxygen atoms in total. The molecule has 2 N–H and O–H groups in total. The van der Waals surface area contributed by atoms with Crippen LogP contribution in [0, 0.1) is 0 Å². The summed E-state index contributed by atoms with van der Waals surface area (Å²) in [7, 11) is 2.06. The van der Waals surface area contributed by atoms with Crippen molar-refractivity contribution < 1.29 is 14.7 Å². The van der Waals surface area contributed by atoms with Crippen molar-refractivity contribution in [3.63, 3.8) is 0 Å². The number of halogens is 2. The van der Waals surface area contributed by atoms with Gasteiger partial charge in [0.2, 0.25) is 0 Å². The molecule has 4 rings (SSSR count). The maximum Gasteiger partial charge on any atom is 0.335 e. The topological polar surface area (TPSA) is 69.6 Å². The number of carboxylic acid groups (broad SMARTS) is 1. The van der Waals surface area contributed by atoms with Crippen molar-refractivity contribution >= 4 is 40.8 Å². The Morgan fingerprint density at radius 1 is 1.03 bits per heavy atom. The quantitative estimate of drug-likeness (QED) is 0.544. The van der Waals surface area contributed by atoms with Gasteiger partial charge in [0.1, 0.15) is 0 Å². The number of amides is 1. The number of aromatic carboxylic acids is 1. The van der Waals surface area contributed by atoms with Gasteiger partial charge in [0.15, 0.2) is 0 Å². The molecule has 1 atom stereocenters. The molecule has 31 heavy (non-hydrogen) atoms. The van der Waals surface area contributed by atoms with Crippen LogP contribution in [0.15, 0.2) is 60.7 Å². The van der Waals surface area contributed by atoms with Crippen LogP contribution < -0.4 is 5.32 Å². The SMILES string of the molecule is CN1Cc2c(Cl)cc(Cl)cc2C(c2ccc(NC(=O)c3cccc(C(=O)O)c3)cc2)C1. The van der Waals surface area contributed by atoms with E-state index in [1.807, 2.05) is 30.3 Å². The van der Waals surface area contributed by atoms with Gasteiger partial charge < -0.3 is 15.3 Å². The number of benzene rings is 3. The van der Waals surface area contributed by atoms with Gasteiger partial charge in [0.05, 0.1) is 5.56 Å². The van der Waals surface area contributed by atoms with E-state index in [0.29, 0.717) is 15.7 Å². The lowest BCUT2D eigenvalue weighted by Gasteiger charge is -2.33. The summed E-state index contributed by atoms with van der Waals surface area (Å²) in [5.74, 6) is -1.32. The number of hydrogen-bond donors (Lipinski definition) is 2. The molecule has 1 aliphatic rings. The summed E-state index contributed by atoms with van der Waals surface area (Å²) in [6, 6.07) is 17.3. The zero-order valence-electron chi connectivity index (χ0n) is 16.7. The molecule has 158 valence electrons. The van der Waals surface area contributed by atoms with Crippen molar-refractivity contribution in [2.45, 2.75) is 12.5 Å². The van der Waals surface area contributed by atoms with E-state index in [1.165, 1.54) is 12.1 Å². The maximum absolute atomic E-state index is 12.5. The second-order valence-corrected chi connectivity index (χ2v) is 8.51. The standard InChI is InChI=1S/C24H20Cl2N2O3/c1-28-12-20(19-10-17(25)11-22(26)21(19)13-28)14-5-7-18(8-6-14)27-23(29)15-3-2-4-16(9-15)24(30)31/h2-11,20H,12-13H2,1H3,(H,27,29)(H,30,31). The zero-order chi connectivity index (χ0) is 22.1. The fourth-order valence-corrected chi connectivity index (χ4v) is 4.49. The summed E-state index contributed by atoms with van der Waals surface area (Å²) >= 11 is 12.7. The molecule has 1 heterocycles. The van der Waals surface area contributed by atoms with E-state index in [9.17, 15) is 9.59 Å². The van der Waals surface area contributed by atoms with Gasteiger partial charge in [-0.15, -0.1) is 0 Å². The van der Waals surface area contributed by atoms with Crippen LogP contribution in [0.25, 0.3) is 0 Å². The first-order valence-corrected chi connectivity index (χ1v) is 10.5. The minimum Gasteiger partial charge on any atom is -0.478 e. The molecule has 0 spiro atoms. The molecule has 7 heteroatoms. The van der Waals surface area contributed by atoms with Crippen molar-refractivity contribution in [2.24, 2.45) is 0 Å². The molecule has 3 aromatic carbocycles. The Kier molecular flexibility index (Phi) is 6.01. The molecule has 1 unspecified atom stereocenters. The minimum absolute atomic E-state index is 0.0698. The summed E-state index contributed by atoms with van der Waals surface area (Å²) < 4.78 is 0. The van der Waals surface area contributed by atoms with Crippen molar-refractivity contribution in [1.82, 2.24) is 4.90 Å². The van der Waals surface area contributed by atoms with Crippen LogP contribution in [-0.4, -0.2) is 35.5 Å². The van der Waals surface area contributed by atoms with Gasteiger partial charge in [-0.2, -0.15) is 0 Å². The molecule has 0 aromatic heterocycles. The number of carbonyl (C=O) groups excluding carboxylic acids is 1. The van der Waals surface area contributed by atoms with Crippen LogP contribution in [0.5, 0.6) is 0 Å². The Labute approximate surface area is 190 Å². The van der Waals surface area contributed by atoms with Crippen molar-refractivity contribution in [3.8, 4) is 0 Å². The van der Waals surface area contributed by atoms with E-state index in [-0.39, 0.29) is 23.0 Å². The van der Waals surface area contributed by atoms with Crippen LogP contribution in [-0.2, 0) is 6.54 Å². The lowest BCUT2D eigenvalue weighted by Crippen LogP contribution is -2.31. The fraction of sp³-hybridized carbons (Fsp3) is 0.167. The van der Waals surface area contributed by atoms with E-state index in [4.69, 9.17) is 28.3 Å². The molecule has 0 saturated heterocycles. The van der Waals surface area contributed by atoms with Crippen LogP contribution in [0.3, 0.4) is 0 Å². The average molecular weight is 455 g/mol. The maximum atomic E-state index is 12.5. The van der Waals surface area contributed by atoms with Gasteiger partial charge in [-0.3, -0.25) is 4.79 Å². The third kappa shape index (κ3) is 4.59. The highest BCUT2D eigenvalue weighted by atomic mass is 35.5. The lowest BCUT2D eigenvalue weighted by molar-refractivity contribution is 0.0697. The van der Waals surface area contributed by atoms with E-state index < -0.39 is 5.97 Å². The van der Waals surface area contributed by atoms with Gasteiger partial charge in [0.25, 0.3) is 5.91 Å². The number of anilines is 1. The summed E-state index contributed by atoms with van der Waals surface area (Å²) in [6.07, 6.45) is 0. The van der Waals surface area contributed by atoms with Crippen molar-refractivity contribution in [3.05, 3.63) is 98.5 Å². The first-order valence-electron chi connectivity index (χ1n) is 9.73. The molecule has 1 aliphatic heterocycles. The fourth-order valence-electron chi connectivity index (χ4n) is 3.93. The van der Waals surface area contributed by atoms with E-state index in [2.05, 4.69) is 17.3 Å². The molecule has 3 aromatic rings. The summed E-state index contributed by atoms with van der Waals surface area (Å²) in [5, 5.41) is 13.2. The number of fused-ring (bicyclic) bond motifs is 1. The third-order valence-corrected chi connectivity index (χ3v) is 5.99. The van der Waals surface area contributed by atoms with E-state index in [0.717, 1.165) is 29.8 Å². The number of rotatable bonds is 4. The molecule has 0 fully saturated rings. The second kappa shape index (κ2) is 8.71. The average Bonchev–Trinajstić information content (AvgIpc) is 2.74. The molecule has 1 amide bonds. The van der Waals surface area contributed by atoms with Gasteiger partial charge >= 0.3 is 5.97 Å².